The molecule has 1 aromatic rings. The van der Waals surface area contributed by atoms with E-state index in [2.05, 4.69) is 27.7 Å². The lowest BCUT2D eigenvalue weighted by molar-refractivity contribution is 0.212. The van der Waals surface area contributed by atoms with Crippen LogP contribution in [0.5, 0.6) is 0 Å². The molecule has 14 heavy (non-hydrogen) atoms. The number of hydrogen-bond donors (Lipinski definition) is 0. The summed E-state index contributed by atoms with van der Waals surface area (Å²) in [5.41, 5.74) is 0.972. The third kappa shape index (κ3) is 2.10. The van der Waals surface area contributed by atoms with Crippen LogP contribution >= 0.6 is 11.6 Å². The molecule has 0 saturated carbocycles. The van der Waals surface area contributed by atoms with E-state index in [0.717, 1.165) is 12.2 Å². The summed E-state index contributed by atoms with van der Waals surface area (Å²) in [5, 5.41) is 0. The molecule has 0 bridgehead atoms. The molecule has 0 amide bonds. The molecule has 1 aliphatic heterocycles. The van der Waals surface area contributed by atoms with Crippen molar-refractivity contribution < 1.29 is 0 Å². The van der Waals surface area contributed by atoms with Crippen LogP contribution in [-0.2, 0) is 5.88 Å². The molecule has 1 unspecified atom stereocenters. The zero-order valence-electron chi connectivity index (χ0n) is 8.49. The van der Waals surface area contributed by atoms with E-state index in [9.17, 15) is 0 Å². The number of likely N-dealkylation sites (N-methyl/N-ethyl adjacent to an activating group) is 1. The van der Waals surface area contributed by atoms with Gasteiger partial charge >= 0.3 is 0 Å². The molecule has 0 radical (unpaired) electrons. The second-order valence-corrected chi connectivity index (χ2v) is 4.27. The van der Waals surface area contributed by atoms with E-state index in [1.807, 2.05) is 6.33 Å². The standard InChI is InChI=1S/C10H16ClN3/c1-13-4-2-3-10(7-13)14-6-9(5-11)12-8-14/h6,8,10H,2-5,7H2,1H3. The van der Waals surface area contributed by atoms with Crippen molar-refractivity contribution in [1.29, 1.82) is 0 Å². The molecule has 0 spiro atoms. The highest BCUT2D eigenvalue weighted by atomic mass is 35.5. The van der Waals surface area contributed by atoms with E-state index < -0.39 is 0 Å². The van der Waals surface area contributed by atoms with Crippen molar-refractivity contribution in [3.8, 4) is 0 Å². The Kier molecular flexibility index (Phi) is 3.08. The first-order chi connectivity index (χ1) is 6.79. The van der Waals surface area contributed by atoms with Crippen LogP contribution in [0.2, 0.25) is 0 Å². The molecule has 1 aromatic heterocycles. The zero-order valence-corrected chi connectivity index (χ0v) is 9.24. The minimum absolute atomic E-state index is 0.509. The summed E-state index contributed by atoms with van der Waals surface area (Å²) in [6.07, 6.45) is 6.50. The lowest BCUT2D eigenvalue weighted by Crippen LogP contribution is -2.33. The van der Waals surface area contributed by atoms with Crippen LogP contribution < -0.4 is 0 Å². The first-order valence-corrected chi connectivity index (χ1v) is 5.60. The Morgan fingerprint density at radius 3 is 3.14 bits per heavy atom. The van der Waals surface area contributed by atoms with E-state index in [1.165, 1.54) is 19.4 Å². The van der Waals surface area contributed by atoms with Crippen molar-refractivity contribution in [2.45, 2.75) is 24.8 Å². The maximum atomic E-state index is 5.72. The van der Waals surface area contributed by atoms with Gasteiger partial charge < -0.3 is 9.47 Å². The number of aromatic nitrogens is 2. The summed E-state index contributed by atoms with van der Waals surface area (Å²) < 4.78 is 2.20. The molecule has 3 nitrogen and oxygen atoms in total. The van der Waals surface area contributed by atoms with Crippen LogP contribution in [0, 0.1) is 0 Å². The normalized spacial score (nSPS) is 24.0. The maximum absolute atomic E-state index is 5.72. The first kappa shape index (κ1) is 9.99. The van der Waals surface area contributed by atoms with Gasteiger partial charge in [-0.1, -0.05) is 0 Å². The van der Waals surface area contributed by atoms with Gasteiger partial charge in [-0.3, -0.25) is 0 Å². The van der Waals surface area contributed by atoms with Crippen molar-refractivity contribution in [1.82, 2.24) is 14.5 Å². The molecule has 1 atom stereocenters. The lowest BCUT2D eigenvalue weighted by Gasteiger charge is -2.30. The zero-order chi connectivity index (χ0) is 9.97. The summed E-state index contributed by atoms with van der Waals surface area (Å²) in [6, 6.07) is 0.582. The second-order valence-electron chi connectivity index (χ2n) is 4.00. The fraction of sp³-hybridized carbons (Fsp3) is 0.700. The topological polar surface area (TPSA) is 21.1 Å². The van der Waals surface area contributed by atoms with Gasteiger partial charge in [0.05, 0.1) is 17.9 Å². The number of piperidine rings is 1. The fourth-order valence-corrected chi connectivity index (χ4v) is 2.17. The Bertz CT molecular complexity index is 297. The van der Waals surface area contributed by atoms with Gasteiger partial charge in [-0.05, 0) is 26.4 Å². The van der Waals surface area contributed by atoms with Crippen LogP contribution in [-0.4, -0.2) is 34.6 Å². The summed E-state index contributed by atoms with van der Waals surface area (Å²) in [4.78, 5) is 6.62. The van der Waals surface area contributed by atoms with Gasteiger partial charge in [-0.25, -0.2) is 4.98 Å². The summed E-state index contributed by atoms with van der Waals surface area (Å²) in [7, 11) is 2.17. The van der Waals surface area contributed by atoms with E-state index in [4.69, 9.17) is 11.6 Å². The minimum Gasteiger partial charge on any atom is -0.333 e. The maximum Gasteiger partial charge on any atom is 0.0952 e. The van der Waals surface area contributed by atoms with Crippen molar-refractivity contribution in [2.24, 2.45) is 0 Å². The van der Waals surface area contributed by atoms with Gasteiger partial charge in [0.1, 0.15) is 0 Å². The monoisotopic (exact) mass is 213 g/mol. The Morgan fingerprint density at radius 1 is 1.64 bits per heavy atom. The Balaban J connectivity index is 2.06. The Labute approximate surface area is 89.7 Å². The largest absolute Gasteiger partial charge is 0.333 e. The summed E-state index contributed by atoms with van der Waals surface area (Å²) >= 11 is 5.72. The SMILES string of the molecule is CN1CCCC(n2cnc(CCl)c2)C1. The third-order valence-corrected chi connectivity index (χ3v) is 3.09. The quantitative estimate of drug-likeness (QED) is 0.700. The van der Waals surface area contributed by atoms with Crippen molar-refractivity contribution in [2.75, 3.05) is 20.1 Å². The van der Waals surface area contributed by atoms with Gasteiger partial charge in [-0.15, -0.1) is 11.6 Å². The minimum atomic E-state index is 0.509. The Morgan fingerprint density at radius 2 is 2.50 bits per heavy atom. The first-order valence-electron chi connectivity index (χ1n) is 5.06. The van der Waals surface area contributed by atoms with E-state index in [-0.39, 0.29) is 0 Å². The molecule has 0 N–H and O–H groups in total. The van der Waals surface area contributed by atoms with Gasteiger partial charge in [0, 0.05) is 18.8 Å². The highest BCUT2D eigenvalue weighted by Gasteiger charge is 2.18. The van der Waals surface area contributed by atoms with Crippen molar-refractivity contribution >= 4 is 11.6 Å². The van der Waals surface area contributed by atoms with Crippen LogP contribution in [0.15, 0.2) is 12.5 Å². The molecule has 1 aliphatic rings. The number of halogens is 1. The predicted octanol–water partition coefficient (Wildman–Crippen LogP) is 1.89. The number of rotatable bonds is 2. The van der Waals surface area contributed by atoms with Crippen LogP contribution in [0.1, 0.15) is 24.6 Å². The molecule has 0 aromatic carbocycles. The van der Waals surface area contributed by atoms with Crippen LogP contribution in [0.25, 0.3) is 0 Å². The summed E-state index contributed by atoms with van der Waals surface area (Å²) in [6.45, 7) is 2.34. The van der Waals surface area contributed by atoms with E-state index >= 15 is 0 Å². The number of hydrogen-bond acceptors (Lipinski definition) is 2. The van der Waals surface area contributed by atoms with Gasteiger partial charge in [0.25, 0.3) is 0 Å². The Hall–Kier alpha value is -0.540. The molecule has 4 heteroatoms. The third-order valence-electron chi connectivity index (χ3n) is 2.81. The van der Waals surface area contributed by atoms with Gasteiger partial charge in [-0.2, -0.15) is 0 Å². The highest BCUT2D eigenvalue weighted by Crippen LogP contribution is 2.20. The molecule has 1 saturated heterocycles. The molecule has 78 valence electrons. The van der Waals surface area contributed by atoms with Crippen LogP contribution in [0.4, 0.5) is 0 Å². The smallest absolute Gasteiger partial charge is 0.0952 e. The molecule has 0 aliphatic carbocycles. The molecule has 2 heterocycles. The van der Waals surface area contributed by atoms with E-state index in [1.54, 1.807) is 0 Å². The molecular formula is C10H16ClN3. The van der Waals surface area contributed by atoms with Gasteiger partial charge in [0.15, 0.2) is 0 Å². The highest BCUT2D eigenvalue weighted by molar-refractivity contribution is 6.16. The summed E-state index contributed by atoms with van der Waals surface area (Å²) in [5.74, 6) is 0.509. The molecule has 1 fully saturated rings. The predicted molar refractivity (Wildman–Crippen MR) is 57.6 cm³/mol. The number of imidazole rings is 1. The average molecular weight is 214 g/mol. The lowest BCUT2D eigenvalue weighted by atomic mass is 10.1. The van der Waals surface area contributed by atoms with Crippen molar-refractivity contribution in [3.05, 3.63) is 18.2 Å². The number of likely N-dealkylation sites (tertiary alicyclic amines) is 1. The van der Waals surface area contributed by atoms with Crippen molar-refractivity contribution in [3.63, 3.8) is 0 Å². The second kappa shape index (κ2) is 4.32. The fourth-order valence-electron chi connectivity index (χ4n) is 2.03. The molecular weight excluding hydrogens is 198 g/mol. The number of alkyl halides is 1. The van der Waals surface area contributed by atoms with E-state index in [0.29, 0.717) is 11.9 Å². The van der Waals surface area contributed by atoms with Gasteiger partial charge in [0.2, 0.25) is 0 Å². The average Bonchev–Trinajstić information content (AvgIpc) is 2.66. The van der Waals surface area contributed by atoms with Crippen LogP contribution in [0.3, 0.4) is 0 Å². The molecule has 2 rings (SSSR count). The number of nitrogens with zero attached hydrogens (tertiary/aromatic N) is 3.